The molecule has 18 atom stereocenters. The van der Waals surface area contributed by atoms with Crippen LogP contribution in [0.5, 0.6) is 0 Å². The summed E-state index contributed by atoms with van der Waals surface area (Å²) in [6, 6.07) is -0.670. The molecule has 0 saturated carbocycles. The van der Waals surface area contributed by atoms with Gasteiger partial charge in [-0.2, -0.15) is 0 Å². The highest BCUT2D eigenvalue weighted by atomic mass is 16.7. The zero-order chi connectivity index (χ0) is 44.8. The number of methoxy groups -OCH3 is 1. The normalized spacial score (nSPS) is 45.0. The SMILES string of the molecule is CC[C@H]1OC(=O)[C@H](C)[C@@H](O[C@H]2C[C@@](C)(OC)[C@@H](O)[C@H](C)O2)[C@H](C)[C@@H](O[C@@H]2O[C@H](C)C[C@H](N(C)C)[C@H]2OCCCNC(C)=O)[C@](C)(O)C[C@@H](C)CN(C)[C@H](C)[C@@H](O)[C@]1(C)O. The number of hydrogen-bond donors (Lipinski definition) is 5. The van der Waals surface area contributed by atoms with E-state index in [1.54, 1.807) is 34.6 Å². The van der Waals surface area contributed by atoms with Crippen molar-refractivity contribution in [3.05, 3.63) is 0 Å². The maximum atomic E-state index is 14.4. The van der Waals surface area contributed by atoms with Crippen molar-refractivity contribution in [3.63, 3.8) is 0 Å². The highest BCUT2D eigenvalue weighted by Gasteiger charge is 2.53. The fraction of sp³-hybridized carbons (Fsp3) is 0.953. The summed E-state index contributed by atoms with van der Waals surface area (Å²) in [6.45, 7) is 20.5. The van der Waals surface area contributed by atoms with E-state index in [1.807, 2.05) is 53.7 Å². The Labute approximate surface area is 353 Å². The molecule has 0 bridgehead atoms. The van der Waals surface area contributed by atoms with Crippen LogP contribution in [0.15, 0.2) is 0 Å². The lowest BCUT2D eigenvalue weighted by atomic mass is 9.77. The van der Waals surface area contributed by atoms with Crippen LogP contribution in [0.25, 0.3) is 0 Å². The number of ether oxygens (including phenoxy) is 7. The summed E-state index contributed by atoms with van der Waals surface area (Å²) in [5.74, 6) is -2.72. The highest BCUT2D eigenvalue weighted by molar-refractivity contribution is 5.73. The predicted octanol–water partition coefficient (Wildman–Crippen LogP) is 2.45. The maximum Gasteiger partial charge on any atom is 0.311 e. The number of aliphatic hydroxyl groups is 4. The van der Waals surface area contributed by atoms with Gasteiger partial charge in [-0.25, -0.2) is 0 Å². The van der Waals surface area contributed by atoms with E-state index in [1.165, 1.54) is 21.0 Å². The molecule has 1 amide bonds. The van der Waals surface area contributed by atoms with Gasteiger partial charge in [-0.05, 0) is 101 Å². The minimum atomic E-state index is -1.81. The Kier molecular flexibility index (Phi) is 19.1. The van der Waals surface area contributed by atoms with E-state index in [9.17, 15) is 30.0 Å². The van der Waals surface area contributed by atoms with Crippen LogP contribution in [-0.4, -0.2) is 180 Å². The molecule has 16 nitrogen and oxygen atoms in total. The fourth-order valence-corrected chi connectivity index (χ4v) is 9.46. The average molecular weight is 848 g/mol. The average Bonchev–Trinajstić information content (AvgIpc) is 3.14. The molecule has 5 N–H and O–H groups in total. The van der Waals surface area contributed by atoms with Crippen molar-refractivity contribution in [3.8, 4) is 0 Å². The Hall–Kier alpha value is -1.54. The van der Waals surface area contributed by atoms with Crippen LogP contribution in [0.2, 0.25) is 0 Å². The fourth-order valence-electron chi connectivity index (χ4n) is 9.46. The van der Waals surface area contributed by atoms with Gasteiger partial charge >= 0.3 is 5.97 Å². The van der Waals surface area contributed by atoms with Crippen molar-refractivity contribution in [2.75, 3.05) is 47.9 Å². The third kappa shape index (κ3) is 13.0. The molecule has 0 aromatic carbocycles. The molecule has 3 aliphatic rings. The second kappa shape index (κ2) is 21.7. The van der Waals surface area contributed by atoms with Gasteiger partial charge in [0.25, 0.3) is 0 Å². The van der Waals surface area contributed by atoms with Crippen LogP contribution in [0.1, 0.15) is 108 Å². The zero-order valence-corrected chi connectivity index (χ0v) is 38.7. The van der Waals surface area contributed by atoms with E-state index in [-0.39, 0.29) is 43.2 Å². The summed E-state index contributed by atoms with van der Waals surface area (Å²) in [5.41, 5.74) is -4.40. The molecule has 59 heavy (non-hydrogen) atoms. The lowest BCUT2D eigenvalue weighted by Gasteiger charge is -2.49. The number of nitrogens with zero attached hydrogens (tertiary/aromatic N) is 2. The Morgan fingerprint density at radius 3 is 2.20 bits per heavy atom. The van der Waals surface area contributed by atoms with Gasteiger partial charge in [0, 0.05) is 58.2 Å². The first-order chi connectivity index (χ1) is 27.3. The van der Waals surface area contributed by atoms with Gasteiger partial charge in [-0.3, -0.25) is 9.59 Å². The van der Waals surface area contributed by atoms with Gasteiger partial charge in [0.1, 0.15) is 30.0 Å². The van der Waals surface area contributed by atoms with Crippen molar-refractivity contribution < 1.29 is 63.2 Å². The van der Waals surface area contributed by atoms with Crippen LogP contribution >= 0.6 is 0 Å². The monoisotopic (exact) mass is 848 g/mol. The summed E-state index contributed by atoms with van der Waals surface area (Å²) in [4.78, 5) is 29.9. The van der Waals surface area contributed by atoms with Gasteiger partial charge in [0.05, 0.1) is 41.5 Å². The zero-order valence-electron chi connectivity index (χ0n) is 38.7. The van der Waals surface area contributed by atoms with E-state index in [0.29, 0.717) is 32.5 Å². The summed E-state index contributed by atoms with van der Waals surface area (Å²) >= 11 is 0. The Balaban J connectivity index is 2.19. The number of rotatable bonds is 12. The van der Waals surface area contributed by atoms with Crippen LogP contribution in [-0.2, 0) is 42.7 Å². The molecule has 3 fully saturated rings. The first kappa shape index (κ1) is 51.8. The maximum absolute atomic E-state index is 14.4. The number of carbonyl (C=O) groups excluding carboxylic acids is 2. The summed E-state index contributed by atoms with van der Waals surface area (Å²) < 4.78 is 45.1. The summed E-state index contributed by atoms with van der Waals surface area (Å²) in [7, 11) is 7.31. The van der Waals surface area contributed by atoms with E-state index in [2.05, 4.69) is 10.2 Å². The highest BCUT2D eigenvalue weighted by Crippen LogP contribution is 2.40. The minimum absolute atomic E-state index is 0.123. The van der Waals surface area contributed by atoms with E-state index >= 15 is 0 Å². The number of carbonyl (C=O) groups is 2. The Morgan fingerprint density at radius 2 is 1.63 bits per heavy atom. The molecule has 3 saturated heterocycles. The van der Waals surface area contributed by atoms with Gasteiger partial charge in [0.15, 0.2) is 12.6 Å². The molecule has 3 heterocycles. The molecule has 3 rings (SSSR count). The number of hydrogen-bond acceptors (Lipinski definition) is 15. The third-order valence-electron chi connectivity index (χ3n) is 13.2. The first-order valence-electron chi connectivity index (χ1n) is 21.7. The molecule has 3 aliphatic heterocycles. The third-order valence-corrected chi connectivity index (χ3v) is 13.2. The van der Waals surface area contributed by atoms with Gasteiger partial charge in [-0.15, -0.1) is 0 Å². The van der Waals surface area contributed by atoms with Crippen LogP contribution < -0.4 is 5.32 Å². The lowest BCUT2D eigenvalue weighted by Crippen LogP contribution is -2.61. The number of amides is 1. The Bertz CT molecular complexity index is 1320. The van der Waals surface area contributed by atoms with Crippen LogP contribution in [0.3, 0.4) is 0 Å². The largest absolute Gasteiger partial charge is 0.459 e. The van der Waals surface area contributed by atoms with Crippen molar-refractivity contribution in [1.29, 1.82) is 0 Å². The quantitative estimate of drug-likeness (QED) is 0.142. The van der Waals surface area contributed by atoms with Crippen molar-refractivity contribution in [2.45, 2.75) is 199 Å². The van der Waals surface area contributed by atoms with E-state index < -0.39 is 96.0 Å². The predicted molar refractivity (Wildman–Crippen MR) is 221 cm³/mol. The molecule has 0 aromatic rings. The van der Waals surface area contributed by atoms with Crippen molar-refractivity contribution in [1.82, 2.24) is 15.1 Å². The molecular formula is C43H81N3O13. The first-order valence-corrected chi connectivity index (χ1v) is 21.7. The number of esters is 1. The van der Waals surface area contributed by atoms with Crippen molar-refractivity contribution in [2.24, 2.45) is 17.8 Å². The van der Waals surface area contributed by atoms with E-state index in [0.717, 1.165) is 0 Å². The summed E-state index contributed by atoms with van der Waals surface area (Å²) in [5, 5.41) is 50.0. The molecule has 0 unspecified atom stereocenters. The Morgan fingerprint density at radius 1 is 0.983 bits per heavy atom. The molecule has 0 aromatic heterocycles. The number of nitrogens with one attached hydrogen (secondary N) is 1. The molecule has 0 radical (unpaired) electrons. The molecule has 16 heteroatoms. The lowest BCUT2D eigenvalue weighted by molar-refractivity contribution is -0.321. The summed E-state index contributed by atoms with van der Waals surface area (Å²) in [6.07, 6.45) is -6.97. The number of cyclic esters (lactones) is 1. The molecular weight excluding hydrogens is 766 g/mol. The number of aliphatic hydroxyl groups excluding tert-OH is 2. The van der Waals surface area contributed by atoms with Gasteiger partial charge < -0.3 is 68.7 Å². The van der Waals surface area contributed by atoms with E-state index in [4.69, 9.17) is 33.2 Å². The molecule has 0 aliphatic carbocycles. The van der Waals surface area contributed by atoms with Gasteiger partial charge in [0.2, 0.25) is 5.91 Å². The smallest absolute Gasteiger partial charge is 0.311 e. The van der Waals surface area contributed by atoms with Crippen molar-refractivity contribution >= 4 is 11.9 Å². The van der Waals surface area contributed by atoms with Gasteiger partial charge in [-0.1, -0.05) is 20.8 Å². The molecule has 346 valence electrons. The van der Waals surface area contributed by atoms with Crippen LogP contribution in [0, 0.1) is 17.8 Å². The van der Waals surface area contributed by atoms with Crippen LogP contribution in [0.4, 0.5) is 0 Å². The topological polar surface area (TPSA) is 198 Å². The second-order valence-electron chi connectivity index (χ2n) is 18.8. The standard InChI is InChI=1S/C43H81N3O13/c1-16-32-43(11,52)36(48)28(6)46(14)23-24(2)21-41(9,51)38(59-40-35(54-19-17-18-44-30(8)47)31(45(12)13)20-25(3)55-40)26(4)34(27(5)39(50)57-32)58-33-22-42(10,53-15)37(49)29(7)56-33/h24-29,31-38,40,48-49,51-52H,16-23H2,1-15H3,(H,44,47)/t24-,25-,26+,27-,28-,29+,31+,32-,33+,34+,35-,36-,37+,38-,40+,41-,42-,43-/m1/s1. The molecule has 0 spiro atoms. The number of likely N-dealkylation sites (N-methyl/N-ethyl adjacent to an activating group) is 2. The second-order valence-corrected chi connectivity index (χ2v) is 18.8. The minimum Gasteiger partial charge on any atom is -0.459 e.